The van der Waals surface area contributed by atoms with Gasteiger partial charge in [-0.2, -0.15) is 0 Å². The summed E-state index contributed by atoms with van der Waals surface area (Å²) in [5.41, 5.74) is 4.42. The van der Waals surface area contributed by atoms with E-state index < -0.39 is 60.9 Å². The third kappa shape index (κ3) is 30.0. The van der Waals surface area contributed by atoms with Crippen molar-refractivity contribution >= 4 is 155 Å². The Labute approximate surface area is 495 Å². The van der Waals surface area contributed by atoms with Crippen molar-refractivity contribution in [3.8, 4) is 0 Å². The molecule has 0 aliphatic rings. The minimum atomic E-state index is -3.25. The molecule has 5 aromatic carbocycles. The summed E-state index contributed by atoms with van der Waals surface area (Å²) >= 11 is 19.7. The second kappa shape index (κ2) is 33.3. The normalized spacial score (nSPS) is 11.3. The molecule has 0 aliphatic heterocycles. The molecule has 27 heteroatoms. The maximum absolute atomic E-state index is 11.9. The van der Waals surface area contributed by atoms with Crippen LogP contribution in [0.3, 0.4) is 0 Å². The SMILES string of the molecule is C.CN(Cc1ccc(S(C)(=O)=O)cc1Br)C(=O)OC(C)(C)C.CNCc1ccc(S(C)(=O)=O)cc1Br.CS(=O)(=O)c1ccc(CBr)c(Br)c1.Cc1ccc(S(C)(=O)=O)cc1.Cc1ccc(S(C)(=O)=O)cc1Br.[B]=NS. The third-order valence-electron chi connectivity index (χ3n) is 9.00. The Morgan fingerprint density at radius 1 is 0.587 bits per heavy atom. The molecular weight excluding hydrogens is 1410 g/mol. The van der Waals surface area contributed by atoms with E-state index in [1.165, 1.54) is 42.1 Å². The molecule has 0 spiro atoms. The predicted molar refractivity (Wildman–Crippen MR) is 325 cm³/mol. The van der Waals surface area contributed by atoms with Crippen LogP contribution in [0.25, 0.3) is 0 Å². The number of carbonyl (C=O) groups excluding carboxylic acids is 1. The molecule has 0 heterocycles. The van der Waals surface area contributed by atoms with Crippen molar-refractivity contribution in [2.75, 3.05) is 45.4 Å². The van der Waals surface area contributed by atoms with Gasteiger partial charge in [-0.1, -0.05) is 129 Å². The van der Waals surface area contributed by atoms with Gasteiger partial charge in [0, 0.05) is 74.6 Å². The molecule has 0 saturated heterocycles. The fourth-order valence-corrected chi connectivity index (χ4v) is 11.7. The van der Waals surface area contributed by atoms with E-state index in [1.54, 1.807) is 113 Å². The number of aryl methyl sites for hydroxylation is 2. The van der Waals surface area contributed by atoms with Gasteiger partial charge >= 0.3 is 30.8 Å². The van der Waals surface area contributed by atoms with Gasteiger partial charge in [0.25, 0.3) is 0 Å². The number of ether oxygens (including phenoxy) is 1. The molecule has 1 amide bonds. The van der Waals surface area contributed by atoms with Crippen LogP contribution in [0.15, 0.2) is 144 Å². The number of nitrogens with one attached hydrogen (secondary N) is 1. The van der Waals surface area contributed by atoms with E-state index in [0.717, 1.165) is 47.5 Å². The van der Waals surface area contributed by atoms with E-state index in [-0.39, 0.29) is 12.3 Å². The van der Waals surface area contributed by atoms with Crippen LogP contribution >= 0.6 is 92.5 Å². The molecule has 75 heavy (non-hydrogen) atoms. The monoisotopic (exact) mass is 1470 g/mol. The van der Waals surface area contributed by atoms with Gasteiger partial charge in [0.1, 0.15) is 5.60 Å². The van der Waals surface area contributed by atoms with Crippen molar-refractivity contribution in [1.82, 2.24) is 10.2 Å². The maximum atomic E-state index is 11.9. The van der Waals surface area contributed by atoms with Crippen molar-refractivity contribution in [2.24, 2.45) is 4.30 Å². The second-order valence-electron chi connectivity index (χ2n) is 17.0. The molecule has 0 atom stereocenters. The number of rotatable bonds is 10. The van der Waals surface area contributed by atoms with Crippen molar-refractivity contribution in [3.05, 3.63) is 143 Å². The van der Waals surface area contributed by atoms with Gasteiger partial charge in [0.05, 0.1) is 24.5 Å². The molecule has 0 unspecified atom stereocenters. The van der Waals surface area contributed by atoms with Crippen LogP contribution in [-0.2, 0) is 72.3 Å². The molecule has 15 nitrogen and oxygen atoms in total. The average Bonchev–Trinajstić information content (AvgIpc) is 3.25. The first-order valence-corrected chi connectivity index (χ1v) is 35.1. The number of hydrogen-bond acceptors (Lipinski definition) is 15. The molecule has 5 aromatic rings. The van der Waals surface area contributed by atoms with E-state index >= 15 is 0 Å². The quantitative estimate of drug-likeness (QED) is 0.0755. The van der Waals surface area contributed by atoms with Crippen LogP contribution in [0.2, 0.25) is 0 Å². The molecule has 1 radical (unpaired) electrons. The molecular formula is C48H64BBr5N3O12S6. The number of carbonyl (C=O) groups is 1. The van der Waals surface area contributed by atoms with E-state index in [9.17, 15) is 46.9 Å². The molecule has 5 rings (SSSR count). The molecule has 0 bridgehead atoms. The Bertz CT molecular complexity index is 3270. The van der Waals surface area contributed by atoms with Crippen LogP contribution in [0.4, 0.5) is 4.79 Å². The Morgan fingerprint density at radius 2 is 0.893 bits per heavy atom. The van der Waals surface area contributed by atoms with Crippen molar-refractivity contribution in [1.29, 1.82) is 0 Å². The fourth-order valence-electron chi connectivity index (χ4n) is 5.10. The molecule has 1 N–H and O–H groups in total. The third-order valence-corrected chi connectivity index (χ3v) is 18.2. The van der Waals surface area contributed by atoms with E-state index in [1.807, 2.05) is 20.9 Å². The zero-order valence-corrected chi connectivity index (χ0v) is 55.5. The van der Waals surface area contributed by atoms with Gasteiger partial charge in [0.15, 0.2) is 49.2 Å². The van der Waals surface area contributed by atoms with Crippen molar-refractivity contribution < 1.29 is 51.6 Å². The number of halogens is 5. The van der Waals surface area contributed by atoms with Gasteiger partial charge in [-0.25, -0.2) is 46.9 Å². The van der Waals surface area contributed by atoms with Crippen LogP contribution < -0.4 is 5.32 Å². The summed E-state index contributed by atoms with van der Waals surface area (Å²) in [6, 6.07) is 26.6. The summed E-state index contributed by atoms with van der Waals surface area (Å²) in [4.78, 5) is 15.0. The summed E-state index contributed by atoms with van der Waals surface area (Å²) in [5.74, 6) is 0. The Hall–Kier alpha value is -2.31. The Balaban J connectivity index is 0. The van der Waals surface area contributed by atoms with Crippen molar-refractivity contribution in [2.45, 2.75) is 90.5 Å². The number of thiol groups is 1. The van der Waals surface area contributed by atoms with Gasteiger partial charge in [-0.05, 0) is 125 Å². The topological polar surface area (TPSA) is 225 Å². The minimum absolute atomic E-state index is 0. The fraction of sp³-hybridized carbons (Fsp3) is 0.354. The molecule has 0 saturated carbocycles. The molecule has 0 aromatic heterocycles. The predicted octanol–water partition coefficient (Wildman–Crippen LogP) is 11.9. The van der Waals surface area contributed by atoms with Crippen LogP contribution in [0.5, 0.6) is 0 Å². The standard InChI is InChI=1S/C14H20BrNO4S.C9H12BrNO2S.C8H8Br2O2S.C8H9BrO2S.C8H10O2S.CH4.BHNS/c1-14(2,3)20-13(17)16(4)9-10-6-7-11(8-12(10)15)21(5,18)19;1-11-6-7-3-4-8(5-9(7)10)14(2,12)13;1-13(11,12)7-3-2-6(5-9)8(10)4-7;1-6-3-4-7(5-8(6)9)12(2,10)11;1-7-3-5-8(6-4-7)11(2,9)10;;1-2-3/h6-8H,9H2,1-5H3;3-5,11H,6H2,1-2H3;2-4H,5H2,1H3;3-5H,1-2H3;3-6H,1-2H3;1H4;3H. The number of alkyl halides is 1. The summed E-state index contributed by atoms with van der Waals surface area (Å²) in [6.45, 7) is 10.3. The number of hydrogen-bond donors (Lipinski definition) is 2. The zero-order valence-electron chi connectivity index (χ0n) is 42.6. The first-order chi connectivity index (χ1) is 33.6. The number of benzene rings is 5. The van der Waals surface area contributed by atoms with Gasteiger partial charge in [-0.3, -0.25) is 0 Å². The Kier molecular flexibility index (Phi) is 33.2. The Morgan fingerprint density at radius 3 is 1.19 bits per heavy atom. The summed E-state index contributed by atoms with van der Waals surface area (Å²) in [6.07, 6.45) is 5.53. The summed E-state index contributed by atoms with van der Waals surface area (Å²) in [7, 11) is -7.73. The van der Waals surface area contributed by atoms with Crippen LogP contribution in [0.1, 0.15) is 56.0 Å². The van der Waals surface area contributed by atoms with E-state index in [0.29, 0.717) is 42.5 Å². The van der Waals surface area contributed by atoms with Crippen LogP contribution in [0, 0.1) is 13.8 Å². The van der Waals surface area contributed by atoms with E-state index in [2.05, 4.69) is 110 Å². The summed E-state index contributed by atoms with van der Waals surface area (Å²) in [5, 5.41) is 3.71. The number of amides is 1. The molecule has 0 aliphatic carbocycles. The van der Waals surface area contributed by atoms with Crippen LogP contribution in [-0.4, -0.2) is 112 Å². The molecule has 417 valence electrons. The summed E-state index contributed by atoms with van der Waals surface area (Å²) < 4.78 is 123. The second-order valence-corrected chi connectivity index (χ2v) is 31.2. The average molecular weight is 1480 g/mol. The van der Waals surface area contributed by atoms with E-state index in [4.69, 9.17) is 4.74 Å². The van der Waals surface area contributed by atoms with Gasteiger partial charge < -0.3 is 15.0 Å². The first-order valence-electron chi connectivity index (χ1n) is 21.0. The zero-order chi connectivity index (χ0) is 57.8. The molecule has 0 fully saturated rings. The number of nitrogens with zero attached hydrogens (tertiary/aromatic N) is 2. The van der Waals surface area contributed by atoms with Gasteiger partial charge in [-0.15, -0.1) is 0 Å². The van der Waals surface area contributed by atoms with Gasteiger partial charge in [0.2, 0.25) is 0 Å². The number of sulfone groups is 5. The van der Waals surface area contributed by atoms with Crippen molar-refractivity contribution in [3.63, 3.8) is 0 Å². The first kappa shape index (κ1) is 74.8.